The van der Waals surface area contributed by atoms with E-state index in [1.54, 1.807) is 0 Å². The predicted molar refractivity (Wildman–Crippen MR) is 75.8 cm³/mol. The first-order chi connectivity index (χ1) is 9.97. The molecule has 0 radical (unpaired) electrons. The maximum absolute atomic E-state index is 10.0. The molecule has 0 fully saturated rings. The van der Waals surface area contributed by atoms with E-state index in [0.717, 1.165) is 0 Å². The molecule has 0 aromatic heterocycles. The normalized spacial score (nSPS) is 14.7. The van der Waals surface area contributed by atoms with E-state index < -0.39 is 0 Å². The van der Waals surface area contributed by atoms with E-state index in [9.17, 15) is 19.2 Å². The quantitative estimate of drug-likeness (QED) is 0.675. The van der Waals surface area contributed by atoms with Crippen LogP contribution in [-0.2, 0) is 19.2 Å². The first-order valence-electron chi connectivity index (χ1n) is 6.05. The number of imide groups is 2. The van der Waals surface area contributed by atoms with Crippen LogP contribution < -0.4 is 10.6 Å². The topological polar surface area (TPSA) is 92.3 Å². The van der Waals surface area contributed by atoms with E-state index in [-0.39, 0.29) is 23.6 Å². The second-order valence-corrected chi connectivity index (χ2v) is 4.03. The van der Waals surface area contributed by atoms with E-state index in [2.05, 4.69) is 19.1 Å². The molecule has 21 heavy (non-hydrogen) atoms. The molecule has 0 unspecified atom stereocenters. The van der Waals surface area contributed by atoms with Gasteiger partial charge in [-0.25, -0.2) is 0 Å². The van der Waals surface area contributed by atoms with Crippen LogP contribution in [0.4, 0.5) is 0 Å². The van der Waals surface area contributed by atoms with E-state index in [0.29, 0.717) is 0 Å². The van der Waals surface area contributed by atoms with Gasteiger partial charge in [-0.05, 0) is 6.92 Å². The molecular weight excluding hydrogens is 272 g/mol. The van der Waals surface area contributed by atoms with Crippen LogP contribution in [0.3, 0.4) is 0 Å². The third-order valence-electron chi connectivity index (χ3n) is 2.21. The average molecular weight is 286 g/mol. The predicted octanol–water partition coefficient (Wildman–Crippen LogP) is 0.393. The molecule has 108 valence electrons. The fourth-order valence-electron chi connectivity index (χ4n) is 1.25. The van der Waals surface area contributed by atoms with Gasteiger partial charge in [-0.1, -0.05) is 35.9 Å². The van der Waals surface area contributed by atoms with Gasteiger partial charge in [-0.3, -0.25) is 29.8 Å². The van der Waals surface area contributed by atoms with Crippen LogP contribution in [0.15, 0.2) is 54.6 Å². The van der Waals surface area contributed by atoms with Crippen LogP contribution in [-0.4, -0.2) is 23.6 Å². The lowest BCUT2D eigenvalue weighted by molar-refractivity contribution is -0.125. The van der Waals surface area contributed by atoms with Gasteiger partial charge in [0.05, 0.1) is 0 Å². The molecule has 6 nitrogen and oxygen atoms in total. The second kappa shape index (κ2) is 8.21. The van der Waals surface area contributed by atoms with Crippen molar-refractivity contribution in [1.82, 2.24) is 10.6 Å². The summed E-state index contributed by atoms with van der Waals surface area (Å²) in [6, 6.07) is 10.3. The highest BCUT2D eigenvalue weighted by Crippen LogP contribution is 1.92. The van der Waals surface area contributed by atoms with E-state index >= 15 is 0 Å². The van der Waals surface area contributed by atoms with Crippen molar-refractivity contribution in [3.8, 4) is 0 Å². The maximum atomic E-state index is 10.0. The van der Waals surface area contributed by atoms with Crippen molar-refractivity contribution in [2.45, 2.75) is 6.92 Å². The minimum atomic E-state index is -0.329. The summed E-state index contributed by atoms with van der Waals surface area (Å²) in [5.41, 5.74) is 1.32. The number of carbonyl (C=O) groups excluding carboxylic acids is 4. The van der Waals surface area contributed by atoms with Gasteiger partial charge >= 0.3 is 0 Å². The van der Waals surface area contributed by atoms with Crippen molar-refractivity contribution >= 4 is 23.6 Å². The van der Waals surface area contributed by atoms with Gasteiger partial charge in [-0.2, -0.15) is 0 Å². The molecule has 1 aromatic rings. The molecule has 0 atom stereocenters. The Balaban J connectivity index is 0.000000157. The summed E-state index contributed by atoms with van der Waals surface area (Å²) in [4.78, 5) is 40.1. The Morgan fingerprint density at radius 2 is 0.952 bits per heavy atom. The number of amides is 4. The minimum Gasteiger partial charge on any atom is -0.289 e. The van der Waals surface area contributed by atoms with Crippen molar-refractivity contribution in [3.63, 3.8) is 0 Å². The van der Waals surface area contributed by atoms with E-state index in [1.165, 1.54) is 29.9 Å². The first-order valence-corrected chi connectivity index (χ1v) is 6.05. The Labute approximate surface area is 121 Å². The zero-order valence-corrected chi connectivity index (χ0v) is 11.3. The van der Waals surface area contributed by atoms with Crippen LogP contribution in [0.5, 0.6) is 0 Å². The first kappa shape index (κ1) is 16.0. The summed E-state index contributed by atoms with van der Waals surface area (Å²) in [6.07, 6.45) is 4.79. The third kappa shape index (κ3) is 7.22. The zero-order valence-electron chi connectivity index (χ0n) is 11.3. The highest BCUT2D eigenvalue weighted by molar-refractivity contribution is 6.13. The lowest BCUT2D eigenvalue weighted by atomic mass is 10.2. The van der Waals surface area contributed by atoms with Gasteiger partial charge in [0, 0.05) is 24.3 Å². The fraction of sp³-hybridized carbons (Fsp3) is 0.0667. The lowest BCUT2D eigenvalue weighted by Gasteiger charge is -1.82. The molecule has 2 aliphatic heterocycles. The largest absolute Gasteiger partial charge is 0.289 e. The van der Waals surface area contributed by atoms with Crippen molar-refractivity contribution < 1.29 is 19.2 Å². The number of hydrogen-bond donors (Lipinski definition) is 2. The standard InChI is InChI=1S/C7H8.2C4H3NO2/c1-7-5-3-2-4-6-7;2*6-3-1-2-4(7)5-3/h2-6H,1H3;2*1-2H,(H,5,6,7). The summed E-state index contributed by atoms with van der Waals surface area (Å²) in [6.45, 7) is 2.08. The van der Waals surface area contributed by atoms with Crippen LogP contribution >= 0.6 is 0 Å². The van der Waals surface area contributed by atoms with Crippen LogP contribution in [0.25, 0.3) is 0 Å². The monoisotopic (exact) mass is 286 g/mol. The Morgan fingerprint density at radius 3 is 1.10 bits per heavy atom. The third-order valence-corrected chi connectivity index (χ3v) is 2.21. The molecule has 0 aliphatic carbocycles. The molecule has 2 heterocycles. The van der Waals surface area contributed by atoms with Gasteiger partial charge in [0.1, 0.15) is 0 Å². The number of rotatable bonds is 0. The Kier molecular flexibility index (Phi) is 6.27. The van der Waals surface area contributed by atoms with Gasteiger partial charge < -0.3 is 0 Å². The molecule has 0 saturated heterocycles. The number of carbonyl (C=O) groups is 4. The number of nitrogens with one attached hydrogen (secondary N) is 2. The van der Waals surface area contributed by atoms with Crippen molar-refractivity contribution in [3.05, 3.63) is 60.2 Å². The summed E-state index contributed by atoms with van der Waals surface area (Å²) >= 11 is 0. The summed E-state index contributed by atoms with van der Waals surface area (Å²) < 4.78 is 0. The highest BCUT2D eigenvalue weighted by atomic mass is 16.2. The summed E-state index contributed by atoms with van der Waals surface area (Å²) in [7, 11) is 0. The molecule has 1 aromatic carbocycles. The molecule has 2 aliphatic rings. The zero-order chi connectivity index (χ0) is 15.7. The molecule has 0 saturated carbocycles. The smallest absolute Gasteiger partial charge is 0.250 e. The Morgan fingerprint density at radius 1 is 0.619 bits per heavy atom. The molecule has 6 heteroatoms. The van der Waals surface area contributed by atoms with E-state index in [4.69, 9.17) is 0 Å². The van der Waals surface area contributed by atoms with Crippen LogP contribution in [0.1, 0.15) is 5.56 Å². The average Bonchev–Trinajstić information content (AvgIpc) is 3.00. The SMILES string of the molecule is Cc1ccccc1.O=C1C=CC(=O)N1.O=C1C=CC(=O)N1. The Bertz CT molecular complexity index is 535. The minimum absolute atomic E-state index is 0.329. The molecular formula is C15H14N2O4. The number of benzene rings is 1. The van der Waals surface area contributed by atoms with Crippen molar-refractivity contribution in [2.24, 2.45) is 0 Å². The van der Waals surface area contributed by atoms with Crippen molar-refractivity contribution in [2.75, 3.05) is 0 Å². The second-order valence-electron chi connectivity index (χ2n) is 4.03. The van der Waals surface area contributed by atoms with Gasteiger partial charge in [0.2, 0.25) is 0 Å². The molecule has 4 amide bonds. The van der Waals surface area contributed by atoms with Gasteiger partial charge in [-0.15, -0.1) is 0 Å². The fourth-order valence-corrected chi connectivity index (χ4v) is 1.25. The number of hydrogen-bond acceptors (Lipinski definition) is 4. The van der Waals surface area contributed by atoms with E-state index in [1.807, 2.05) is 28.8 Å². The lowest BCUT2D eigenvalue weighted by Crippen LogP contribution is -2.19. The van der Waals surface area contributed by atoms with Gasteiger partial charge in [0.15, 0.2) is 0 Å². The maximum Gasteiger partial charge on any atom is 0.250 e. The molecule has 2 N–H and O–H groups in total. The van der Waals surface area contributed by atoms with Crippen LogP contribution in [0.2, 0.25) is 0 Å². The Hall–Kier alpha value is -3.02. The molecule has 0 spiro atoms. The summed E-state index contributed by atoms with van der Waals surface area (Å²) in [5, 5.41) is 4.06. The van der Waals surface area contributed by atoms with Crippen LogP contribution in [0, 0.1) is 6.92 Å². The van der Waals surface area contributed by atoms with Gasteiger partial charge in [0.25, 0.3) is 23.6 Å². The summed E-state index contributed by atoms with van der Waals surface area (Å²) in [5.74, 6) is -1.31. The van der Waals surface area contributed by atoms with Crippen molar-refractivity contribution in [1.29, 1.82) is 0 Å². The number of aryl methyl sites for hydroxylation is 1. The highest BCUT2D eigenvalue weighted by Gasteiger charge is 2.07. The molecule has 3 rings (SSSR count). The molecule has 0 bridgehead atoms.